The van der Waals surface area contributed by atoms with E-state index < -0.39 is 0 Å². The van der Waals surface area contributed by atoms with Gasteiger partial charge in [0, 0.05) is 23.2 Å². The molecule has 2 atom stereocenters. The quantitative estimate of drug-likeness (QED) is 0.405. The number of nitrogens with one attached hydrogen (secondary N) is 2. The number of carbonyl (C=O) groups excluding carboxylic acids is 1. The van der Waals surface area contributed by atoms with Crippen molar-refractivity contribution in [2.75, 3.05) is 32.8 Å². The van der Waals surface area contributed by atoms with E-state index in [0.717, 1.165) is 11.1 Å². The number of rotatable bonds is 8. The van der Waals surface area contributed by atoms with Crippen LogP contribution in [-0.2, 0) is 9.53 Å². The zero-order valence-electron chi connectivity index (χ0n) is 20.4. The summed E-state index contributed by atoms with van der Waals surface area (Å²) in [6.45, 7) is 8.35. The molecule has 1 aromatic carbocycles. The molecule has 0 unspecified atom stereocenters. The van der Waals surface area contributed by atoms with Crippen molar-refractivity contribution >= 4 is 46.0 Å². The summed E-state index contributed by atoms with van der Waals surface area (Å²) in [6.07, 6.45) is 2.95. The van der Waals surface area contributed by atoms with E-state index in [2.05, 4.69) is 22.2 Å². The molecule has 190 valence electrons. The van der Waals surface area contributed by atoms with Gasteiger partial charge in [0.25, 0.3) is 0 Å². The second-order valence-corrected chi connectivity index (χ2v) is 9.33. The summed E-state index contributed by atoms with van der Waals surface area (Å²) >= 11 is 13.3. The molecule has 1 saturated heterocycles. The third-order valence-corrected chi connectivity index (χ3v) is 6.63. The second-order valence-electron chi connectivity index (χ2n) is 8.57. The minimum Gasteiger partial charge on any atom is -0.495 e. The van der Waals surface area contributed by atoms with Crippen LogP contribution in [0.1, 0.15) is 25.5 Å². The Balaban J connectivity index is 1.76. The molecule has 1 amide bonds. The van der Waals surface area contributed by atoms with Crippen molar-refractivity contribution in [3.05, 3.63) is 46.7 Å². The van der Waals surface area contributed by atoms with E-state index in [1.807, 2.05) is 19.9 Å². The molecule has 0 spiro atoms. The number of halogens is 2. The van der Waals surface area contributed by atoms with Crippen LogP contribution in [0.4, 0.5) is 5.95 Å². The van der Waals surface area contributed by atoms with Crippen LogP contribution in [0.2, 0.25) is 10.0 Å². The zero-order chi connectivity index (χ0) is 26.0. The first-order chi connectivity index (χ1) is 17.3. The van der Waals surface area contributed by atoms with Crippen LogP contribution in [0.15, 0.2) is 31.0 Å². The van der Waals surface area contributed by atoms with Gasteiger partial charge in [-0.2, -0.15) is 0 Å². The lowest BCUT2D eigenvalue weighted by Crippen LogP contribution is -2.45. The van der Waals surface area contributed by atoms with E-state index in [0.29, 0.717) is 57.5 Å². The van der Waals surface area contributed by atoms with E-state index in [-0.39, 0.29) is 23.9 Å². The van der Waals surface area contributed by atoms with Gasteiger partial charge in [-0.25, -0.2) is 9.97 Å². The average molecular weight is 532 g/mol. The molecule has 1 aliphatic rings. The standard InChI is InChI=1S/C25H27Cl2N5O4/c1-6-19(33)29-15-10-36-11-16(15)31-25-28-9-13-7-14(30-23(12(2)3)24(13)32-25)20-21(26)17(34-4)8-18(35-5)22(20)27/h6-9,12,15-16H,1,10-11H2,2-5H3,(H,29,33)(H,28,31,32)/t15-,16+/m0/s1. The normalized spacial score (nSPS) is 17.3. The second kappa shape index (κ2) is 10.9. The number of amides is 1. The number of nitrogens with zero attached hydrogens (tertiary/aromatic N) is 3. The number of benzene rings is 1. The van der Waals surface area contributed by atoms with Gasteiger partial charge >= 0.3 is 0 Å². The fraction of sp³-hybridized carbons (Fsp3) is 0.360. The largest absolute Gasteiger partial charge is 0.495 e. The molecule has 1 aliphatic heterocycles. The Labute approximate surface area is 219 Å². The number of aromatic nitrogens is 3. The van der Waals surface area contributed by atoms with Gasteiger partial charge in [-0.3, -0.25) is 9.78 Å². The summed E-state index contributed by atoms with van der Waals surface area (Å²) in [5.41, 5.74) is 2.50. The lowest BCUT2D eigenvalue weighted by Gasteiger charge is -2.20. The Morgan fingerprint density at radius 3 is 2.42 bits per heavy atom. The van der Waals surface area contributed by atoms with Gasteiger partial charge in [-0.15, -0.1) is 0 Å². The summed E-state index contributed by atoms with van der Waals surface area (Å²) in [7, 11) is 3.05. The van der Waals surface area contributed by atoms with E-state index >= 15 is 0 Å². The van der Waals surface area contributed by atoms with Crippen molar-refractivity contribution in [3.63, 3.8) is 0 Å². The lowest BCUT2D eigenvalue weighted by molar-refractivity contribution is -0.117. The minimum absolute atomic E-state index is 0.0368. The smallest absolute Gasteiger partial charge is 0.243 e. The molecular weight excluding hydrogens is 505 g/mol. The molecule has 4 rings (SSSR count). The Bertz CT molecular complexity index is 1290. The summed E-state index contributed by atoms with van der Waals surface area (Å²) in [6, 6.07) is 3.05. The van der Waals surface area contributed by atoms with Crippen molar-refractivity contribution < 1.29 is 19.0 Å². The lowest BCUT2D eigenvalue weighted by atomic mass is 10.0. The predicted octanol–water partition coefficient (Wildman–Crippen LogP) is 4.62. The Kier molecular flexibility index (Phi) is 7.82. The number of anilines is 1. The Hall–Kier alpha value is -3.14. The molecule has 3 aromatic rings. The molecule has 11 heteroatoms. The summed E-state index contributed by atoms with van der Waals surface area (Å²) < 4.78 is 16.4. The molecule has 3 heterocycles. The highest BCUT2D eigenvalue weighted by molar-refractivity contribution is 6.41. The molecule has 2 N–H and O–H groups in total. The van der Waals surface area contributed by atoms with Gasteiger partial charge in [-0.05, 0) is 18.1 Å². The SMILES string of the molecule is C=CC(=O)N[C@H]1COC[C@H]1Nc1ncc2cc(-c3c(Cl)c(OC)cc(OC)c3Cl)nc(C(C)C)c2n1. The molecule has 0 aliphatic carbocycles. The van der Waals surface area contributed by atoms with E-state index in [1.54, 1.807) is 12.3 Å². The first-order valence-corrected chi connectivity index (χ1v) is 12.1. The van der Waals surface area contributed by atoms with Gasteiger partial charge < -0.3 is 24.8 Å². The van der Waals surface area contributed by atoms with E-state index in [1.165, 1.54) is 20.3 Å². The summed E-state index contributed by atoms with van der Waals surface area (Å²) in [4.78, 5) is 25.9. The molecule has 36 heavy (non-hydrogen) atoms. The van der Waals surface area contributed by atoms with Crippen molar-refractivity contribution in [1.82, 2.24) is 20.3 Å². The molecule has 0 saturated carbocycles. The Morgan fingerprint density at radius 2 is 1.81 bits per heavy atom. The van der Waals surface area contributed by atoms with Crippen LogP contribution >= 0.6 is 23.2 Å². The van der Waals surface area contributed by atoms with Crippen molar-refractivity contribution in [2.24, 2.45) is 0 Å². The fourth-order valence-corrected chi connectivity index (χ4v) is 4.72. The maximum Gasteiger partial charge on any atom is 0.243 e. The molecule has 0 radical (unpaired) electrons. The Morgan fingerprint density at radius 1 is 1.14 bits per heavy atom. The molecule has 2 aromatic heterocycles. The number of methoxy groups -OCH3 is 2. The van der Waals surface area contributed by atoms with Crippen LogP contribution in [0.3, 0.4) is 0 Å². The minimum atomic E-state index is -0.262. The topological polar surface area (TPSA) is 107 Å². The molecular formula is C25H27Cl2N5O4. The highest BCUT2D eigenvalue weighted by Crippen LogP contribution is 2.46. The first kappa shape index (κ1) is 25.9. The maximum atomic E-state index is 11.8. The highest BCUT2D eigenvalue weighted by Gasteiger charge is 2.30. The zero-order valence-corrected chi connectivity index (χ0v) is 21.9. The van der Waals surface area contributed by atoms with Crippen molar-refractivity contribution in [2.45, 2.75) is 31.8 Å². The molecule has 9 nitrogen and oxygen atoms in total. The number of pyridine rings is 1. The number of ether oxygens (including phenoxy) is 3. The predicted molar refractivity (Wildman–Crippen MR) is 140 cm³/mol. The maximum absolute atomic E-state index is 11.8. The highest BCUT2D eigenvalue weighted by atomic mass is 35.5. The van der Waals surface area contributed by atoms with Crippen LogP contribution < -0.4 is 20.1 Å². The number of carbonyl (C=O) groups is 1. The van der Waals surface area contributed by atoms with Crippen molar-refractivity contribution in [3.8, 4) is 22.8 Å². The van der Waals surface area contributed by atoms with Crippen LogP contribution in [0.25, 0.3) is 22.2 Å². The van der Waals surface area contributed by atoms with E-state index in [9.17, 15) is 4.79 Å². The van der Waals surface area contributed by atoms with Crippen LogP contribution in [-0.4, -0.2) is 60.4 Å². The van der Waals surface area contributed by atoms with Gasteiger partial charge in [0.1, 0.15) is 11.5 Å². The number of hydrogen-bond donors (Lipinski definition) is 2. The van der Waals surface area contributed by atoms with Crippen molar-refractivity contribution in [1.29, 1.82) is 0 Å². The summed E-state index contributed by atoms with van der Waals surface area (Å²) in [5, 5.41) is 7.57. The van der Waals surface area contributed by atoms with Gasteiger partial charge in [0.15, 0.2) is 0 Å². The molecule has 0 bridgehead atoms. The third-order valence-electron chi connectivity index (χ3n) is 5.88. The van der Waals surface area contributed by atoms with Gasteiger partial charge in [0.2, 0.25) is 11.9 Å². The first-order valence-electron chi connectivity index (χ1n) is 11.3. The molecule has 1 fully saturated rings. The van der Waals surface area contributed by atoms with Crippen LogP contribution in [0, 0.1) is 0 Å². The average Bonchev–Trinajstić information content (AvgIpc) is 3.29. The number of hydrogen-bond acceptors (Lipinski definition) is 8. The monoisotopic (exact) mass is 531 g/mol. The number of fused-ring (bicyclic) bond motifs is 1. The third kappa shape index (κ3) is 5.04. The van der Waals surface area contributed by atoms with Crippen LogP contribution in [0.5, 0.6) is 11.5 Å². The van der Waals surface area contributed by atoms with Gasteiger partial charge in [0.05, 0.1) is 66.5 Å². The van der Waals surface area contributed by atoms with Gasteiger partial charge in [-0.1, -0.05) is 43.6 Å². The fourth-order valence-electron chi connectivity index (χ4n) is 4.02. The summed E-state index contributed by atoms with van der Waals surface area (Å²) in [5.74, 6) is 1.03. The van der Waals surface area contributed by atoms with E-state index in [4.69, 9.17) is 47.4 Å².